The maximum absolute atomic E-state index is 12.3. The Morgan fingerprint density at radius 1 is 1.25 bits per heavy atom. The number of nitrogens with zero attached hydrogens (tertiary/aromatic N) is 2. The van der Waals surface area contributed by atoms with Crippen molar-refractivity contribution in [2.75, 3.05) is 24.3 Å². The molecule has 0 aliphatic carbocycles. The van der Waals surface area contributed by atoms with E-state index in [4.69, 9.17) is 5.11 Å². The smallest absolute Gasteiger partial charge is 0.406 e. The van der Waals surface area contributed by atoms with Gasteiger partial charge in [-0.2, -0.15) is 4.98 Å². The third kappa shape index (κ3) is 4.98. The van der Waals surface area contributed by atoms with E-state index in [1.54, 1.807) is 26.1 Å². The molecule has 2 aromatic rings. The van der Waals surface area contributed by atoms with Crippen molar-refractivity contribution in [1.29, 1.82) is 0 Å². The fourth-order valence-electron chi connectivity index (χ4n) is 1.91. The van der Waals surface area contributed by atoms with Crippen molar-refractivity contribution >= 4 is 11.8 Å². The molecule has 1 aromatic heterocycles. The van der Waals surface area contributed by atoms with E-state index in [-0.39, 0.29) is 24.3 Å². The monoisotopic (exact) mass is 342 g/mol. The summed E-state index contributed by atoms with van der Waals surface area (Å²) in [4.78, 5) is 8.46. The lowest BCUT2D eigenvalue weighted by atomic mass is 10.1. The van der Waals surface area contributed by atoms with Crippen molar-refractivity contribution in [2.45, 2.75) is 19.3 Å². The number of aliphatic hydroxyl groups is 1. The zero-order valence-corrected chi connectivity index (χ0v) is 13.1. The van der Waals surface area contributed by atoms with Crippen molar-refractivity contribution in [3.8, 4) is 17.0 Å². The summed E-state index contributed by atoms with van der Waals surface area (Å²) in [7, 11) is 1.66. The molecule has 0 radical (unpaired) electrons. The first-order valence-electron chi connectivity index (χ1n) is 7.11. The average molecular weight is 342 g/mol. The molecule has 130 valence electrons. The summed E-state index contributed by atoms with van der Waals surface area (Å²) in [6, 6.07) is 6.84. The van der Waals surface area contributed by atoms with Crippen LogP contribution in [-0.2, 0) is 0 Å². The largest absolute Gasteiger partial charge is 0.573 e. The maximum Gasteiger partial charge on any atom is 0.573 e. The van der Waals surface area contributed by atoms with E-state index in [9.17, 15) is 13.2 Å². The Bertz CT molecular complexity index is 695. The van der Waals surface area contributed by atoms with Gasteiger partial charge < -0.3 is 20.5 Å². The molecular weight excluding hydrogens is 325 g/mol. The predicted molar refractivity (Wildman–Crippen MR) is 83.9 cm³/mol. The van der Waals surface area contributed by atoms with Gasteiger partial charge in [-0.1, -0.05) is 12.1 Å². The number of anilines is 2. The van der Waals surface area contributed by atoms with Crippen molar-refractivity contribution in [1.82, 2.24) is 9.97 Å². The molecule has 24 heavy (non-hydrogen) atoms. The quantitative estimate of drug-likeness (QED) is 0.749. The second-order valence-corrected chi connectivity index (χ2v) is 5.02. The Kier molecular flexibility index (Phi) is 5.45. The zero-order valence-electron chi connectivity index (χ0n) is 13.1. The highest BCUT2D eigenvalue weighted by atomic mass is 19.4. The highest BCUT2D eigenvalue weighted by Crippen LogP contribution is 2.28. The summed E-state index contributed by atoms with van der Waals surface area (Å²) >= 11 is 0. The van der Waals surface area contributed by atoms with Gasteiger partial charge in [-0.3, -0.25) is 0 Å². The van der Waals surface area contributed by atoms with Crippen molar-refractivity contribution < 1.29 is 23.0 Å². The van der Waals surface area contributed by atoms with Crippen LogP contribution in [0.5, 0.6) is 5.75 Å². The number of hydrogen-bond acceptors (Lipinski definition) is 6. The molecule has 0 fully saturated rings. The van der Waals surface area contributed by atoms with E-state index in [1.165, 1.54) is 18.2 Å². The molecule has 2 rings (SSSR count). The topological polar surface area (TPSA) is 79.3 Å². The Hall–Kier alpha value is -2.55. The number of nitrogens with one attached hydrogen (secondary N) is 2. The normalized spacial score (nSPS) is 12.6. The molecule has 0 saturated heterocycles. The lowest BCUT2D eigenvalue weighted by molar-refractivity contribution is -0.274. The van der Waals surface area contributed by atoms with E-state index >= 15 is 0 Å². The van der Waals surface area contributed by atoms with Crippen LogP contribution in [0.1, 0.15) is 6.92 Å². The number of aliphatic hydroxyl groups excluding tert-OH is 1. The number of benzene rings is 1. The Labute approximate surface area is 136 Å². The summed E-state index contributed by atoms with van der Waals surface area (Å²) in [6.07, 6.45) is -4.76. The van der Waals surface area contributed by atoms with Crippen LogP contribution in [0.15, 0.2) is 30.3 Å². The molecule has 0 aliphatic rings. The second-order valence-electron chi connectivity index (χ2n) is 5.02. The number of alkyl halides is 3. The molecule has 0 unspecified atom stereocenters. The fraction of sp³-hybridized carbons (Fsp3) is 0.333. The van der Waals surface area contributed by atoms with Gasteiger partial charge in [-0.25, -0.2) is 4.98 Å². The minimum absolute atomic E-state index is 0.114. The van der Waals surface area contributed by atoms with Crippen molar-refractivity contribution in [3.05, 3.63) is 30.3 Å². The van der Waals surface area contributed by atoms with Gasteiger partial charge in [-0.15, -0.1) is 13.2 Å². The SMILES string of the molecule is CNc1cc(-c2cccc(OC(F)(F)F)c2)nc(N[C@H](C)CO)n1. The van der Waals surface area contributed by atoms with Gasteiger partial charge in [0, 0.05) is 24.7 Å². The molecule has 0 aliphatic heterocycles. The number of halogens is 3. The third-order valence-electron chi connectivity index (χ3n) is 3.00. The molecule has 9 heteroatoms. The van der Waals surface area contributed by atoms with Crippen LogP contribution < -0.4 is 15.4 Å². The number of ether oxygens (including phenoxy) is 1. The van der Waals surface area contributed by atoms with Crippen LogP contribution in [-0.4, -0.2) is 41.1 Å². The van der Waals surface area contributed by atoms with Crippen LogP contribution in [0.3, 0.4) is 0 Å². The minimum atomic E-state index is -4.76. The summed E-state index contributed by atoms with van der Waals surface area (Å²) in [5.41, 5.74) is 0.852. The highest BCUT2D eigenvalue weighted by Gasteiger charge is 2.31. The summed E-state index contributed by atoms with van der Waals surface area (Å²) in [5, 5.41) is 14.9. The van der Waals surface area contributed by atoms with Gasteiger partial charge in [0.2, 0.25) is 5.95 Å². The van der Waals surface area contributed by atoms with Gasteiger partial charge >= 0.3 is 6.36 Å². The fourth-order valence-corrected chi connectivity index (χ4v) is 1.91. The zero-order chi connectivity index (χ0) is 17.7. The summed E-state index contributed by atoms with van der Waals surface area (Å²) in [6.45, 7) is 1.63. The average Bonchev–Trinajstić information content (AvgIpc) is 2.53. The van der Waals surface area contributed by atoms with Gasteiger partial charge in [0.25, 0.3) is 0 Å². The third-order valence-corrected chi connectivity index (χ3v) is 3.00. The van der Waals surface area contributed by atoms with Crippen molar-refractivity contribution in [2.24, 2.45) is 0 Å². The first-order chi connectivity index (χ1) is 11.3. The number of hydrogen-bond donors (Lipinski definition) is 3. The lowest BCUT2D eigenvalue weighted by Gasteiger charge is -2.14. The number of rotatable bonds is 6. The first-order valence-corrected chi connectivity index (χ1v) is 7.11. The molecular formula is C15H17F3N4O2. The van der Waals surface area contributed by atoms with E-state index in [2.05, 4.69) is 25.3 Å². The van der Waals surface area contributed by atoms with Crippen LogP contribution in [0.2, 0.25) is 0 Å². The molecule has 1 aromatic carbocycles. The van der Waals surface area contributed by atoms with E-state index in [1.807, 2.05) is 0 Å². The summed E-state index contributed by atoms with van der Waals surface area (Å²) in [5.74, 6) is 0.401. The second kappa shape index (κ2) is 7.35. The lowest BCUT2D eigenvalue weighted by Crippen LogP contribution is -2.21. The molecule has 1 atom stereocenters. The van der Waals surface area contributed by atoms with Gasteiger partial charge in [0.05, 0.1) is 12.3 Å². The van der Waals surface area contributed by atoms with Gasteiger partial charge in [0.1, 0.15) is 11.6 Å². The predicted octanol–water partition coefficient (Wildman–Crippen LogP) is 2.88. The Balaban J connectivity index is 2.36. The molecule has 0 saturated carbocycles. The van der Waals surface area contributed by atoms with Crippen LogP contribution in [0.4, 0.5) is 24.9 Å². The van der Waals surface area contributed by atoms with Gasteiger partial charge in [-0.05, 0) is 19.1 Å². The molecule has 1 heterocycles. The van der Waals surface area contributed by atoms with E-state index in [0.717, 1.165) is 0 Å². The minimum Gasteiger partial charge on any atom is -0.406 e. The molecule has 0 spiro atoms. The molecule has 0 bridgehead atoms. The van der Waals surface area contributed by atoms with E-state index in [0.29, 0.717) is 17.1 Å². The molecule has 0 amide bonds. The molecule has 6 nitrogen and oxygen atoms in total. The van der Waals surface area contributed by atoms with Crippen LogP contribution >= 0.6 is 0 Å². The first kappa shape index (κ1) is 17.8. The van der Waals surface area contributed by atoms with Crippen LogP contribution in [0, 0.1) is 0 Å². The Morgan fingerprint density at radius 3 is 2.62 bits per heavy atom. The van der Waals surface area contributed by atoms with Crippen molar-refractivity contribution in [3.63, 3.8) is 0 Å². The molecule has 3 N–H and O–H groups in total. The van der Waals surface area contributed by atoms with Gasteiger partial charge in [0.15, 0.2) is 0 Å². The maximum atomic E-state index is 12.3. The number of aromatic nitrogens is 2. The van der Waals surface area contributed by atoms with E-state index < -0.39 is 6.36 Å². The summed E-state index contributed by atoms with van der Waals surface area (Å²) < 4.78 is 41.0. The highest BCUT2D eigenvalue weighted by molar-refractivity contribution is 5.65. The Morgan fingerprint density at radius 2 is 2.00 bits per heavy atom. The standard InChI is InChI=1S/C15H17F3N4O2/c1-9(8-23)20-14-21-12(7-13(19-2)22-14)10-4-3-5-11(6-10)24-15(16,17)18/h3-7,9,23H,8H2,1-2H3,(H2,19,20,21,22)/t9-/m1/s1. The van der Waals surface area contributed by atoms with Crippen LogP contribution in [0.25, 0.3) is 11.3 Å².